The van der Waals surface area contributed by atoms with Crippen molar-refractivity contribution in [3.05, 3.63) is 29.3 Å². The van der Waals surface area contributed by atoms with Crippen LogP contribution in [0.4, 0.5) is 8.78 Å². The molecule has 1 aromatic rings. The van der Waals surface area contributed by atoms with Gasteiger partial charge in [-0.1, -0.05) is 6.07 Å². The molecule has 0 fully saturated rings. The van der Waals surface area contributed by atoms with Crippen LogP contribution in [0.1, 0.15) is 24.0 Å². The zero-order chi connectivity index (χ0) is 12.8. The van der Waals surface area contributed by atoms with Gasteiger partial charge in [-0.05, 0) is 24.1 Å². The van der Waals surface area contributed by atoms with E-state index in [0.29, 0.717) is 11.3 Å². The number of carbonyl (C=O) groups is 1. The van der Waals surface area contributed by atoms with Crippen molar-refractivity contribution in [1.29, 1.82) is 0 Å². The molecular weight excluding hydrogens is 230 g/mol. The summed E-state index contributed by atoms with van der Waals surface area (Å²) in [6.45, 7) is 0. The fourth-order valence-corrected chi connectivity index (χ4v) is 1.47. The molecule has 0 N–H and O–H groups in total. The zero-order valence-corrected chi connectivity index (χ0v) is 9.70. The molecule has 1 aromatic carbocycles. The maximum Gasteiger partial charge on any atom is 0.305 e. The molecule has 17 heavy (non-hydrogen) atoms. The highest BCUT2D eigenvalue weighted by molar-refractivity contribution is 5.69. The molecule has 0 aliphatic rings. The topological polar surface area (TPSA) is 35.5 Å². The van der Waals surface area contributed by atoms with Crippen LogP contribution in [-0.4, -0.2) is 20.2 Å². The molecule has 0 unspecified atom stereocenters. The van der Waals surface area contributed by atoms with Gasteiger partial charge in [-0.15, -0.1) is 0 Å². The number of ether oxygens (including phenoxy) is 2. The minimum absolute atomic E-state index is 0.0859. The highest BCUT2D eigenvalue weighted by atomic mass is 19.3. The quantitative estimate of drug-likeness (QED) is 0.747. The third kappa shape index (κ3) is 3.69. The van der Waals surface area contributed by atoms with E-state index in [-0.39, 0.29) is 18.4 Å². The molecule has 1 rings (SSSR count). The molecule has 0 atom stereocenters. The Morgan fingerprint density at radius 3 is 2.59 bits per heavy atom. The van der Waals surface area contributed by atoms with Crippen LogP contribution in [0.3, 0.4) is 0 Å². The van der Waals surface area contributed by atoms with Gasteiger partial charge in [0.15, 0.2) is 0 Å². The van der Waals surface area contributed by atoms with E-state index in [9.17, 15) is 13.6 Å². The SMILES string of the molecule is COC(=O)CCc1ccc(OC)cc1C(F)F. The molecule has 5 heteroatoms. The molecular formula is C12H14F2O3. The average molecular weight is 244 g/mol. The van der Waals surface area contributed by atoms with E-state index in [1.165, 1.54) is 20.3 Å². The Bertz CT molecular complexity index is 391. The van der Waals surface area contributed by atoms with Crippen molar-refractivity contribution in [2.45, 2.75) is 19.3 Å². The Balaban J connectivity index is 2.86. The number of rotatable bonds is 5. The third-order valence-electron chi connectivity index (χ3n) is 2.41. The van der Waals surface area contributed by atoms with Gasteiger partial charge in [0.25, 0.3) is 6.43 Å². The van der Waals surface area contributed by atoms with Crippen LogP contribution in [0.5, 0.6) is 5.75 Å². The van der Waals surface area contributed by atoms with Crippen molar-refractivity contribution in [2.24, 2.45) is 0 Å². The number of aryl methyl sites for hydroxylation is 1. The summed E-state index contributed by atoms with van der Waals surface area (Å²) in [5, 5.41) is 0. The van der Waals surface area contributed by atoms with Gasteiger partial charge in [-0.2, -0.15) is 0 Å². The molecule has 0 saturated heterocycles. The lowest BCUT2D eigenvalue weighted by Crippen LogP contribution is -2.04. The van der Waals surface area contributed by atoms with E-state index in [0.717, 1.165) is 0 Å². The van der Waals surface area contributed by atoms with E-state index < -0.39 is 12.4 Å². The fraction of sp³-hybridized carbons (Fsp3) is 0.417. The van der Waals surface area contributed by atoms with Gasteiger partial charge in [0.1, 0.15) is 5.75 Å². The van der Waals surface area contributed by atoms with Crippen LogP contribution in [0.15, 0.2) is 18.2 Å². The van der Waals surface area contributed by atoms with Crippen LogP contribution in [0.2, 0.25) is 0 Å². The number of hydrogen-bond acceptors (Lipinski definition) is 3. The van der Waals surface area contributed by atoms with Crippen LogP contribution in [0.25, 0.3) is 0 Å². The molecule has 0 saturated carbocycles. The second-order valence-corrected chi connectivity index (χ2v) is 3.44. The first kappa shape index (κ1) is 13.4. The molecule has 0 amide bonds. The van der Waals surface area contributed by atoms with Crippen LogP contribution in [0, 0.1) is 0 Å². The molecule has 0 bridgehead atoms. The summed E-state index contributed by atoms with van der Waals surface area (Å²) >= 11 is 0. The van der Waals surface area contributed by atoms with Gasteiger partial charge in [0, 0.05) is 12.0 Å². The predicted molar refractivity (Wildman–Crippen MR) is 58.3 cm³/mol. The predicted octanol–water partition coefficient (Wildman–Crippen LogP) is 2.74. The van der Waals surface area contributed by atoms with E-state index in [4.69, 9.17) is 4.74 Å². The van der Waals surface area contributed by atoms with Gasteiger partial charge in [0.2, 0.25) is 0 Å². The van der Waals surface area contributed by atoms with Gasteiger partial charge in [-0.3, -0.25) is 4.79 Å². The number of esters is 1. The Morgan fingerprint density at radius 2 is 2.06 bits per heavy atom. The maximum atomic E-state index is 12.8. The van der Waals surface area contributed by atoms with Gasteiger partial charge < -0.3 is 9.47 Å². The van der Waals surface area contributed by atoms with E-state index in [2.05, 4.69) is 4.74 Å². The van der Waals surface area contributed by atoms with Crippen molar-refractivity contribution >= 4 is 5.97 Å². The zero-order valence-electron chi connectivity index (χ0n) is 9.70. The van der Waals surface area contributed by atoms with Gasteiger partial charge in [0.05, 0.1) is 14.2 Å². The van der Waals surface area contributed by atoms with Crippen molar-refractivity contribution in [3.63, 3.8) is 0 Å². The largest absolute Gasteiger partial charge is 0.497 e. The Morgan fingerprint density at radius 1 is 1.35 bits per heavy atom. The molecule has 0 aliphatic carbocycles. The number of carbonyl (C=O) groups excluding carboxylic acids is 1. The van der Waals surface area contributed by atoms with Crippen LogP contribution in [-0.2, 0) is 16.0 Å². The monoisotopic (exact) mass is 244 g/mol. The molecule has 0 spiro atoms. The number of alkyl halides is 2. The number of hydrogen-bond donors (Lipinski definition) is 0. The highest BCUT2D eigenvalue weighted by Crippen LogP contribution is 2.27. The molecule has 3 nitrogen and oxygen atoms in total. The van der Waals surface area contributed by atoms with Crippen molar-refractivity contribution in [3.8, 4) is 5.75 Å². The van der Waals surface area contributed by atoms with E-state index in [1.807, 2.05) is 0 Å². The summed E-state index contributed by atoms with van der Waals surface area (Å²) in [5.74, 6) is -0.0387. The first-order valence-corrected chi connectivity index (χ1v) is 5.10. The average Bonchev–Trinajstić information content (AvgIpc) is 2.35. The first-order chi connectivity index (χ1) is 8.08. The van der Waals surface area contributed by atoms with Crippen molar-refractivity contribution < 1.29 is 23.0 Å². The maximum absolute atomic E-state index is 12.8. The summed E-state index contributed by atoms with van der Waals surface area (Å²) in [5.41, 5.74) is 0.333. The summed E-state index contributed by atoms with van der Waals surface area (Å²) < 4.78 is 34.9. The molecule has 0 radical (unpaired) electrons. The summed E-state index contributed by atoms with van der Waals surface area (Å²) in [4.78, 5) is 11.0. The minimum Gasteiger partial charge on any atom is -0.497 e. The van der Waals surface area contributed by atoms with Crippen molar-refractivity contribution in [1.82, 2.24) is 0 Å². The highest BCUT2D eigenvalue weighted by Gasteiger charge is 2.15. The van der Waals surface area contributed by atoms with Gasteiger partial charge >= 0.3 is 5.97 Å². The molecule has 94 valence electrons. The van der Waals surface area contributed by atoms with E-state index in [1.54, 1.807) is 12.1 Å². The molecule has 0 aromatic heterocycles. The fourth-order valence-electron chi connectivity index (χ4n) is 1.47. The van der Waals surface area contributed by atoms with Crippen LogP contribution >= 0.6 is 0 Å². The number of benzene rings is 1. The normalized spacial score (nSPS) is 10.4. The van der Waals surface area contributed by atoms with E-state index >= 15 is 0 Å². The second kappa shape index (κ2) is 6.18. The lowest BCUT2D eigenvalue weighted by molar-refractivity contribution is -0.140. The smallest absolute Gasteiger partial charge is 0.305 e. The first-order valence-electron chi connectivity index (χ1n) is 5.10. The minimum atomic E-state index is -2.59. The third-order valence-corrected chi connectivity index (χ3v) is 2.41. The lowest BCUT2D eigenvalue weighted by Gasteiger charge is -2.10. The summed E-state index contributed by atoms with van der Waals surface area (Å²) in [6.07, 6.45) is -2.27. The Labute approximate surface area is 98.3 Å². The van der Waals surface area contributed by atoms with Gasteiger partial charge in [-0.25, -0.2) is 8.78 Å². The molecule has 0 heterocycles. The van der Waals surface area contributed by atoms with Crippen molar-refractivity contribution in [2.75, 3.05) is 14.2 Å². The summed E-state index contributed by atoms with van der Waals surface area (Å²) in [6, 6.07) is 4.43. The Kier molecular flexibility index (Phi) is 4.87. The molecule has 0 aliphatic heterocycles. The summed E-state index contributed by atoms with van der Waals surface area (Å²) in [7, 11) is 2.68. The number of methoxy groups -OCH3 is 2. The number of halogens is 2. The standard InChI is InChI=1S/C12H14F2O3/c1-16-9-5-3-8(4-6-11(15)17-2)10(7-9)12(13)14/h3,5,7,12H,4,6H2,1-2H3. The lowest BCUT2D eigenvalue weighted by atomic mass is 10.0. The Hall–Kier alpha value is -1.65. The second-order valence-electron chi connectivity index (χ2n) is 3.44. The van der Waals surface area contributed by atoms with Crippen LogP contribution < -0.4 is 4.74 Å².